The van der Waals surface area contributed by atoms with Crippen LogP contribution in [0.15, 0.2) is 224 Å². The number of hydrogen-bond acceptors (Lipinski definition) is 1. The summed E-state index contributed by atoms with van der Waals surface area (Å²) in [6.07, 6.45) is 0. The Morgan fingerprint density at radius 3 is 1.45 bits per heavy atom. The van der Waals surface area contributed by atoms with Crippen molar-refractivity contribution in [3.8, 4) is 44.5 Å². The molecule has 0 N–H and O–H groups in total. The van der Waals surface area contributed by atoms with Gasteiger partial charge in [0.15, 0.2) is 0 Å². The van der Waals surface area contributed by atoms with Crippen molar-refractivity contribution in [1.29, 1.82) is 0 Å². The van der Waals surface area contributed by atoms with Crippen molar-refractivity contribution < 1.29 is 0 Å². The largest absolute Gasteiger partial charge is 0.310 e. The van der Waals surface area contributed by atoms with Gasteiger partial charge in [0.25, 0.3) is 0 Å². The summed E-state index contributed by atoms with van der Waals surface area (Å²) >= 11 is 0. The van der Waals surface area contributed by atoms with E-state index in [0.29, 0.717) is 0 Å². The molecule has 0 aliphatic carbocycles. The topological polar surface area (TPSA) is 3.24 Å². The van der Waals surface area contributed by atoms with E-state index in [-0.39, 0.29) is 0 Å². The number of hydrogen-bond donors (Lipinski definition) is 0. The fraction of sp³-hybridized carbons (Fsp3) is 0. The van der Waals surface area contributed by atoms with E-state index in [1.165, 1.54) is 76.8 Å². The minimum Gasteiger partial charge on any atom is -0.310 e. The molecule has 10 aromatic carbocycles. The van der Waals surface area contributed by atoms with Crippen LogP contribution >= 0.6 is 0 Å². The normalized spacial score (nSPS) is 11.3. The molecule has 1 heteroatoms. The molecule has 0 aliphatic heterocycles. The lowest BCUT2D eigenvalue weighted by atomic mass is 9.91. The van der Waals surface area contributed by atoms with Gasteiger partial charge in [0.2, 0.25) is 0 Å². The molecular weight excluding hydrogens is 663 g/mol. The summed E-state index contributed by atoms with van der Waals surface area (Å²) in [5, 5.41) is 7.65. The molecule has 10 rings (SSSR count). The van der Waals surface area contributed by atoms with E-state index in [1.54, 1.807) is 0 Å². The predicted molar refractivity (Wildman–Crippen MR) is 235 cm³/mol. The van der Waals surface area contributed by atoms with Gasteiger partial charge in [-0.05, 0) is 119 Å². The monoisotopic (exact) mass is 699 g/mol. The second kappa shape index (κ2) is 14.0. The summed E-state index contributed by atoms with van der Waals surface area (Å²) in [6.45, 7) is 0. The average Bonchev–Trinajstić information content (AvgIpc) is 3.27. The van der Waals surface area contributed by atoms with Gasteiger partial charge in [-0.15, -0.1) is 0 Å². The van der Waals surface area contributed by atoms with Gasteiger partial charge in [-0.3, -0.25) is 0 Å². The van der Waals surface area contributed by atoms with Crippen LogP contribution in [0, 0.1) is 0 Å². The number of nitrogens with zero attached hydrogens (tertiary/aromatic N) is 1. The third-order valence-corrected chi connectivity index (χ3v) is 10.8. The Morgan fingerprint density at radius 1 is 0.218 bits per heavy atom. The predicted octanol–water partition coefficient (Wildman–Crippen LogP) is 15.3. The first kappa shape index (κ1) is 32.4. The van der Waals surface area contributed by atoms with Crippen LogP contribution in [0.5, 0.6) is 0 Å². The van der Waals surface area contributed by atoms with Crippen LogP contribution in [0.1, 0.15) is 0 Å². The van der Waals surface area contributed by atoms with Crippen molar-refractivity contribution in [2.45, 2.75) is 0 Å². The molecule has 0 bridgehead atoms. The van der Waals surface area contributed by atoms with E-state index in [0.717, 1.165) is 17.1 Å². The Morgan fingerprint density at radius 2 is 0.727 bits per heavy atom. The van der Waals surface area contributed by atoms with Gasteiger partial charge in [0.05, 0.1) is 0 Å². The van der Waals surface area contributed by atoms with Gasteiger partial charge in [-0.1, -0.05) is 182 Å². The smallest absolute Gasteiger partial charge is 0.0468 e. The zero-order chi connectivity index (χ0) is 36.6. The first-order chi connectivity index (χ1) is 27.3. The first-order valence-electron chi connectivity index (χ1n) is 18.9. The number of fused-ring (bicyclic) bond motifs is 5. The Hall–Kier alpha value is -7.22. The zero-order valence-corrected chi connectivity index (χ0v) is 30.3. The third-order valence-electron chi connectivity index (χ3n) is 10.8. The molecule has 0 unspecified atom stereocenters. The number of benzene rings is 10. The second-order valence-corrected chi connectivity index (χ2v) is 14.1. The van der Waals surface area contributed by atoms with Gasteiger partial charge in [-0.2, -0.15) is 0 Å². The van der Waals surface area contributed by atoms with Crippen LogP contribution in [0.2, 0.25) is 0 Å². The fourth-order valence-corrected chi connectivity index (χ4v) is 8.11. The first-order valence-corrected chi connectivity index (χ1v) is 18.9. The van der Waals surface area contributed by atoms with Crippen molar-refractivity contribution in [1.82, 2.24) is 0 Å². The van der Waals surface area contributed by atoms with Crippen molar-refractivity contribution in [2.75, 3.05) is 4.90 Å². The van der Waals surface area contributed by atoms with E-state index in [9.17, 15) is 0 Å². The van der Waals surface area contributed by atoms with E-state index in [2.05, 4.69) is 229 Å². The maximum atomic E-state index is 2.38. The Kier molecular flexibility index (Phi) is 8.24. The highest BCUT2D eigenvalue weighted by molar-refractivity contribution is 6.17. The molecular formula is C54H37N. The van der Waals surface area contributed by atoms with Gasteiger partial charge >= 0.3 is 0 Å². The van der Waals surface area contributed by atoms with Crippen molar-refractivity contribution >= 4 is 49.4 Å². The van der Waals surface area contributed by atoms with Gasteiger partial charge in [0, 0.05) is 17.1 Å². The molecule has 1 nitrogen and oxygen atoms in total. The van der Waals surface area contributed by atoms with Crippen LogP contribution in [-0.4, -0.2) is 0 Å². The molecule has 0 aliphatic rings. The SMILES string of the molecule is c1ccc(-c2ccc(N(c3cccc(-c4ccccc4)c3)c3ccc(-c4ccc5c(ccc6c7ccccc7ccc56)c4)c(-c4ccccc4)c3)cc2)cc1. The number of anilines is 3. The highest BCUT2D eigenvalue weighted by atomic mass is 15.1. The molecule has 0 radical (unpaired) electrons. The van der Waals surface area contributed by atoms with Crippen LogP contribution in [-0.2, 0) is 0 Å². The molecule has 0 saturated carbocycles. The third kappa shape index (κ3) is 6.12. The highest BCUT2D eigenvalue weighted by Crippen LogP contribution is 2.43. The summed E-state index contributed by atoms with van der Waals surface area (Å²) in [6, 6.07) is 81.5. The molecule has 10 aromatic rings. The lowest BCUT2D eigenvalue weighted by Crippen LogP contribution is -2.10. The zero-order valence-electron chi connectivity index (χ0n) is 30.3. The lowest BCUT2D eigenvalue weighted by molar-refractivity contribution is 1.28. The summed E-state index contributed by atoms with van der Waals surface area (Å²) < 4.78 is 0. The highest BCUT2D eigenvalue weighted by Gasteiger charge is 2.18. The average molecular weight is 700 g/mol. The van der Waals surface area contributed by atoms with Crippen LogP contribution in [0.4, 0.5) is 17.1 Å². The Bertz CT molecular complexity index is 2950. The molecule has 0 saturated heterocycles. The van der Waals surface area contributed by atoms with Crippen molar-refractivity contribution in [3.05, 3.63) is 224 Å². The Labute approximate surface area is 322 Å². The minimum absolute atomic E-state index is 1.10. The van der Waals surface area contributed by atoms with Gasteiger partial charge in [-0.25, -0.2) is 0 Å². The maximum absolute atomic E-state index is 2.38. The second-order valence-electron chi connectivity index (χ2n) is 14.1. The standard InChI is InChI=1S/C54H37N/c1-4-13-38(14-5-1)40-23-28-46(29-24-40)55(47-21-12-20-43(36-47)39-15-6-2-7-16-39)48-30-34-51(54(37-48)41-17-8-3-9-18-41)45-26-31-50-44(35-45)27-33-52-49-22-11-10-19-42(49)25-32-53(50)52/h1-37H. The molecule has 0 amide bonds. The van der Waals surface area contributed by atoms with E-state index in [4.69, 9.17) is 0 Å². The molecule has 0 atom stereocenters. The minimum atomic E-state index is 1.10. The van der Waals surface area contributed by atoms with Crippen LogP contribution < -0.4 is 4.90 Å². The molecule has 0 heterocycles. The molecule has 0 fully saturated rings. The van der Waals surface area contributed by atoms with Crippen molar-refractivity contribution in [2.24, 2.45) is 0 Å². The van der Waals surface area contributed by atoms with E-state index >= 15 is 0 Å². The summed E-state index contributed by atoms with van der Waals surface area (Å²) in [7, 11) is 0. The molecule has 258 valence electrons. The summed E-state index contributed by atoms with van der Waals surface area (Å²) in [5.74, 6) is 0. The Balaban J connectivity index is 1.13. The van der Waals surface area contributed by atoms with Gasteiger partial charge in [0.1, 0.15) is 0 Å². The fourth-order valence-electron chi connectivity index (χ4n) is 8.11. The van der Waals surface area contributed by atoms with Gasteiger partial charge < -0.3 is 4.90 Å². The molecule has 0 spiro atoms. The number of rotatable bonds is 7. The molecule has 0 aromatic heterocycles. The van der Waals surface area contributed by atoms with Crippen molar-refractivity contribution in [3.63, 3.8) is 0 Å². The summed E-state index contributed by atoms with van der Waals surface area (Å²) in [4.78, 5) is 2.38. The quantitative estimate of drug-likeness (QED) is 0.150. The lowest BCUT2D eigenvalue weighted by Gasteiger charge is -2.27. The van der Waals surface area contributed by atoms with E-state index < -0.39 is 0 Å². The summed E-state index contributed by atoms with van der Waals surface area (Å²) in [5.41, 5.74) is 12.8. The maximum Gasteiger partial charge on any atom is 0.0468 e. The van der Waals surface area contributed by atoms with E-state index in [1.807, 2.05) is 0 Å². The van der Waals surface area contributed by atoms with Crippen LogP contribution in [0.3, 0.4) is 0 Å². The van der Waals surface area contributed by atoms with Crippen LogP contribution in [0.25, 0.3) is 76.8 Å². The molecule has 55 heavy (non-hydrogen) atoms.